The van der Waals surface area contributed by atoms with Gasteiger partial charge in [-0.05, 0) is 50.3 Å². The van der Waals surface area contributed by atoms with Crippen molar-refractivity contribution in [2.75, 3.05) is 18.4 Å². The number of piperidine rings is 1. The summed E-state index contributed by atoms with van der Waals surface area (Å²) in [7, 11) is 0. The van der Waals surface area contributed by atoms with Gasteiger partial charge in [0.15, 0.2) is 5.82 Å². The van der Waals surface area contributed by atoms with Crippen LogP contribution in [0.5, 0.6) is 0 Å². The number of rotatable bonds is 5. The molecule has 0 aromatic carbocycles. The summed E-state index contributed by atoms with van der Waals surface area (Å²) in [4.78, 5) is 26.5. The van der Waals surface area contributed by atoms with Crippen LogP contribution in [-0.4, -0.2) is 35.0 Å². The van der Waals surface area contributed by atoms with Crippen LogP contribution in [0.4, 0.5) is 5.82 Å². The molecule has 0 spiro atoms. The van der Waals surface area contributed by atoms with Gasteiger partial charge in [-0.25, -0.2) is 0 Å². The van der Waals surface area contributed by atoms with Gasteiger partial charge in [0.1, 0.15) is 17.3 Å². The average molecular weight is 383 g/mol. The van der Waals surface area contributed by atoms with Crippen LogP contribution in [0.2, 0.25) is 0 Å². The van der Waals surface area contributed by atoms with Crippen LogP contribution in [0.3, 0.4) is 0 Å². The number of amides is 2. The molecule has 1 aliphatic heterocycles. The van der Waals surface area contributed by atoms with E-state index in [1.165, 1.54) is 6.42 Å². The molecule has 2 fully saturated rings. The number of nitrogens with zero attached hydrogens (tertiary/aromatic N) is 2. The van der Waals surface area contributed by atoms with Gasteiger partial charge in [-0.2, -0.15) is 0 Å². The second-order valence-corrected chi connectivity index (χ2v) is 7.80. The smallest absolute Gasteiger partial charge is 0.246 e. The van der Waals surface area contributed by atoms with Crippen molar-refractivity contribution in [2.24, 2.45) is 11.8 Å². The maximum Gasteiger partial charge on any atom is 0.246 e. The molecule has 7 nitrogen and oxygen atoms in total. The van der Waals surface area contributed by atoms with Crippen molar-refractivity contribution in [2.45, 2.75) is 39.0 Å². The van der Waals surface area contributed by atoms with Gasteiger partial charge < -0.3 is 19.2 Å². The molecule has 1 N–H and O–H groups in total. The summed E-state index contributed by atoms with van der Waals surface area (Å²) >= 11 is 0. The van der Waals surface area contributed by atoms with Gasteiger partial charge in [-0.15, -0.1) is 0 Å². The molecule has 2 aromatic rings. The molecule has 7 heteroatoms. The predicted octanol–water partition coefficient (Wildman–Crippen LogP) is 3.59. The van der Waals surface area contributed by atoms with Crippen molar-refractivity contribution in [3.8, 4) is 0 Å². The number of furan rings is 1. The van der Waals surface area contributed by atoms with E-state index < -0.39 is 0 Å². The maximum atomic E-state index is 12.4. The highest BCUT2D eigenvalue weighted by atomic mass is 16.5. The maximum absolute atomic E-state index is 12.4. The Bertz CT molecular complexity index is 889. The van der Waals surface area contributed by atoms with Gasteiger partial charge in [-0.3, -0.25) is 9.59 Å². The predicted molar refractivity (Wildman–Crippen MR) is 103 cm³/mol. The quantitative estimate of drug-likeness (QED) is 0.797. The lowest BCUT2D eigenvalue weighted by Crippen LogP contribution is -2.40. The molecular weight excluding hydrogens is 358 g/mol. The van der Waals surface area contributed by atoms with E-state index in [-0.39, 0.29) is 17.7 Å². The lowest BCUT2D eigenvalue weighted by molar-refractivity contribution is -0.130. The van der Waals surface area contributed by atoms with Crippen LogP contribution in [-0.2, 0) is 9.59 Å². The van der Waals surface area contributed by atoms with E-state index in [2.05, 4.69) is 17.4 Å². The third-order valence-electron chi connectivity index (χ3n) is 5.57. The van der Waals surface area contributed by atoms with Crippen molar-refractivity contribution in [3.05, 3.63) is 41.6 Å². The van der Waals surface area contributed by atoms with Crippen LogP contribution in [0.25, 0.3) is 6.08 Å². The number of carbonyl (C=O) groups is 2. The van der Waals surface area contributed by atoms with E-state index in [1.807, 2.05) is 12.1 Å². The molecule has 0 bridgehead atoms. The first kappa shape index (κ1) is 18.5. The Kier molecular flexibility index (Phi) is 5.07. The zero-order valence-electron chi connectivity index (χ0n) is 16.2. The van der Waals surface area contributed by atoms with Crippen molar-refractivity contribution in [1.82, 2.24) is 10.1 Å². The molecule has 2 atom stereocenters. The summed E-state index contributed by atoms with van der Waals surface area (Å²) in [6.07, 6.45) is 5.72. The van der Waals surface area contributed by atoms with Crippen LogP contribution < -0.4 is 5.32 Å². The van der Waals surface area contributed by atoms with Crippen molar-refractivity contribution in [1.29, 1.82) is 0 Å². The summed E-state index contributed by atoms with van der Waals surface area (Å²) in [6.45, 7) is 5.10. The van der Waals surface area contributed by atoms with Crippen LogP contribution in [0.15, 0.2) is 33.2 Å². The summed E-state index contributed by atoms with van der Waals surface area (Å²) in [5.41, 5.74) is 0. The number of aromatic nitrogens is 1. The average Bonchev–Trinajstić information content (AvgIpc) is 3.07. The molecule has 148 valence electrons. The summed E-state index contributed by atoms with van der Waals surface area (Å²) in [6, 6.07) is 5.59. The molecule has 2 unspecified atom stereocenters. The first-order chi connectivity index (χ1) is 13.5. The largest absolute Gasteiger partial charge is 0.461 e. The Labute approximate surface area is 163 Å². The summed E-state index contributed by atoms with van der Waals surface area (Å²) < 4.78 is 10.8. The fourth-order valence-corrected chi connectivity index (χ4v) is 3.65. The highest BCUT2D eigenvalue weighted by Crippen LogP contribution is 2.47. The van der Waals surface area contributed by atoms with Crippen molar-refractivity contribution >= 4 is 23.7 Å². The Balaban J connectivity index is 1.25. The number of nitrogens with one attached hydrogen (secondary N) is 1. The fraction of sp³-hybridized carbons (Fsp3) is 0.476. The highest BCUT2D eigenvalue weighted by Gasteiger charge is 2.36. The standard InChI is InChI=1S/C21H25N3O4/c1-13-11-17(13)18-5-3-16(27-18)4-6-20(25)24-9-7-15(8-10-24)21(26)22-19-12-14(2)28-23-19/h3-6,12-13,15,17H,7-11H2,1-2H3,(H,22,23,26)/b6-4+. The van der Waals surface area contributed by atoms with Gasteiger partial charge in [0.05, 0.1) is 0 Å². The molecule has 0 radical (unpaired) electrons. The second-order valence-electron chi connectivity index (χ2n) is 7.80. The van der Waals surface area contributed by atoms with Gasteiger partial charge >= 0.3 is 0 Å². The molecule has 2 aromatic heterocycles. The van der Waals surface area contributed by atoms with Crippen LogP contribution in [0, 0.1) is 18.8 Å². The molecule has 1 saturated carbocycles. The van der Waals surface area contributed by atoms with E-state index in [0.29, 0.717) is 55.1 Å². The number of anilines is 1. The van der Waals surface area contributed by atoms with E-state index in [0.717, 1.165) is 5.76 Å². The second kappa shape index (κ2) is 7.66. The zero-order chi connectivity index (χ0) is 19.7. The van der Waals surface area contributed by atoms with Gasteiger partial charge in [0.25, 0.3) is 0 Å². The number of aryl methyl sites for hydroxylation is 1. The molecular formula is C21H25N3O4. The Morgan fingerprint density at radius 1 is 1.29 bits per heavy atom. The SMILES string of the molecule is Cc1cc(NC(=O)C2CCN(C(=O)/C=C/c3ccc(C4CC4C)o3)CC2)no1. The van der Waals surface area contributed by atoms with Crippen molar-refractivity contribution in [3.63, 3.8) is 0 Å². The summed E-state index contributed by atoms with van der Waals surface area (Å²) in [5.74, 6) is 3.77. The highest BCUT2D eigenvalue weighted by molar-refractivity contribution is 5.93. The number of carbonyl (C=O) groups excluding carboxylic acids is 2. The van der Waals surface area contributed by atoms with E-state index in [9.17, 15) is 9.59 Å². The third-order valence-corrected chi connectivity index (χ3v) is 5.57. The molecule has 1 aliphatic carbocycles. The fourth-order valence-electron chi connectivity index (χ4n) is 3.65. The minimum Gasteiger partial charge on any atom is -0.461 e. The van der Waals surface area contributed by atoms with E-state index >= 15 is 0 Å². The lowest BCUT2D eigenvalue weighted by atomic mass is 9.96. The molecule has 2 aliphatic rings. The van der Waals surface area contributed by atoms with Crippen LogP contribution >= 0.6 is 0 Å². The first-order valence-electron chi connectivity index (χ1n) is 9.80. The third kappa shape index (κ3) is 4.18. The minimum absolute atomic E-state index is 0.0521. The van der Waals surface area contributed by atoms with Gasteiger partial charge in [-0.1, -0.05) is 12.1 Å². The van der Waals surface area contributed by atoms with Gasteiger partial charge in [0, 0.05) is 37.1 Å². The first-order valence-corrected chi connectivity index (χ1v) is 9.80. The van der Waals surface area contributed by atoms with E-state index in [4.69, 9.17) is 8.94 Å². The number of hydrogen-bond acceptors (Lipinski definition) is 5. The monoisotopic (exact) mass is 383 g/mol. The Morgan fingerprint density at radius 3 is 2.68 bits per heavy atom. The normalized spacial score (nSPS) is 22.6. The minimum atomic E-state index is -0.127. The molecule has 2 amide bonds. The number of hydrogen-bond donors (Lipinski definition) is 1. The zero-order valence-corrected chi connectivity index (χ0v) is 16.2. The lowest BCUT2D eigenvalue weighted by Gasteiger charge is -2.30. The molecule has 4 rings (SSSR count). The van der Waals surface area contributed by atoms with Gasteiger partial charge in [0.2, 0.25) is 11.8 Å². The topological polar surface area (TPSA) is 88.6 Å². The summed E-state index contributed by atoms with van der Waals surface area (Å²) in [5, 5.41) is 6.55. The Morgan fingerprint density at radius 2 is 2.04 bits per heavy atom. The molecule has 1 saturated heterocycles. The van der Waals surface area contributed by atoms with Crippen LogP contribution in [0.1, 0.15) is 49.4 Å². The van der Waals surface area contributed by atoms with E-state index in [1.54, 1.807) is 30.0 Å². The Hall–Kier alpha value is -2.83. The molecule has 3 heterocycles. The van der Waals surface area contributed by atoms with Crippen molar-refractivity contribution < 1.29 is 18.5 Å². The number of likely N-dealkylation sites (tertiary alicyclic amines) is 1. The molecule has 28 heavy (non-hydrogen) atoms.